The monoisotopic (exact) mass is 473 g/mol. The van der Waals surface area contributed by atoms with Gasteiger partial charge in [-0.1, -0.05) is 36.4 Å². The lowest BCUT2D eigenvalue weighted by Crippen LogP contribution is -2.38. The highest BCUT2D eigenvalue weighted by atomic mass is 32.2. The first-order valence-corrected chi connectivity index (χ1v) is 11.5. The van der Waals surface area contributed by atoms with Gasteiger partial charge in [-0.2, -0.15) is 0 Å². The molecule has 1 aliphatic rings. The first-order valence-electron chi connectivity index (χ1n) is 10.6. The zero-order chi connectivity index (χ0) is 23.4. The number of benzene rings is 2. The van der Waals surface area contributed by atoms with Crippen LogP contribution in [0.1, 0.15) is 18.4 Å². The fourth-order valence-electron chi connectivity index (χ4n) is 3.96. The van der Waals surface area contributed by atoms with Crippen LogP contribution in [-0.4, -0.2) is 51.5 Å². The van der Waals surface area contributed by atoms with E-state index in [2.05, 4.69) is 10.3 Å². The summed E-state index contributed by atoms with van der Waals surface area (Å²) >= 11 is 1.59. The Balaban J connectivity index is 1.36. The summed E-state index contributed by atoms with van der Waals surface area (Å²) in [5, 5.41) is 13.8. The minimum atomic E-state index is -0.882. The molecule has 2 atom stereocenters. The molecule has 2 heterocycles. The molecule has 1 unspecified atom stereocenters. The van der Waals surface area contributed by atoms with Crippen LogP contribution in [0.4, 0.5) is 19.4 Å². The number of pyridine rings is 1. The highest BCUT2D eigenvalue weighted by Crippen LogP contribution is 2.58. The maximum Gasteiger partial charge on any atom is 0.412 e. The minimum Gasteiger partial charge on any atom is -0.448 e. The number of halogens is 2. The van der Waals surface area contributed by atoms with Crippen LogP contribution in [0.15, 0.2) is 54.7 Å². The average Bonchev–Trinajstić information content (AvgIpc) is 3.53. The van der Waals surface area contributed by atoms with Crippen molar-refractivity contribution in [2.24, 2.45) is 0 Å². The molecule has 0 aliphatic carbocycles. The molecule has 174 valence electrons. The first-order chi connectivity index (χ1) is 15.9. The maximum atomic E-state index is 14.1. The van der Waals surface area contributed by atoms with Crippen LogP contribution < -0.4 is 5.32 Å². The van der Waals surface area contributed by atoms with E-state index in [1.165, 1.54) is 6.07 Å². The molecule has 0 bridgehead atoms. The number of hydrogen-bond acceptors (Lipinski definition) is 6. The SMILES string of the molecule is CN(Cc1cccc(F)c1F)[C@@]1(CCCO)SC1COC(=O)Nc1cc2ccccc2cn1. The van der Waals surface area contributed by atoms with Crippen molar-refractivity contribution in [1.29, 1.82) is 0 Å². The van der Waals surface area contributed by atoms with Gasteiger partial charge in [0.15, 0.2) is 11.6 Å². The Labute approximate surface area is 195 Å². The number of anilines is 1. The first kappa shape index (κ1) is 23.4. The molecule has 1 amide bonds. The van der Waals surface area contributed by atoms with Gasteiger partial charge in [0.25, 0.3) is 0 Å². The molecule has 1 aliphatic heterocycles. The number of amides is 1. The summed E-state index contributed by atoms with van der Waals surface area (Å²) in [5.74, 6) is -1.35. The number of nitrogens with zero attached hydrogens (tertiary/aromatic N) is 2. The van der Waals surface area contributed by atoms with E-state index in [-0.39, 0.29) is 30.6 Å². The van der Waals surface area contributed by atoms with Crippen LogP contribution in [0, 0.1) is 11.6 Å². The summed E-state index contributed by atoms with van der Waals surface area (Å²) in [4.78, 5) is 18.1. The van der Waals surface area contributed by atoms with Gasteiger partial charge in [0, 0.05) is 30.3 Å². The number of aliphatic hydroxyl groups is 1. The van der Waals surface area contributed by atoms with Gasteiger partial charge in [0.1, 0.15) is 12.4 Å². The standard InChI is InChI=1S/C24H25F2N3O3S/c1-29(14-18-8-4-9-19(25)22(18)26)24(10-5-11-30)20(33-24)15-32-23(31)28-21-12-16-6-2-3-7-17(16)13-27-21/h2-4,6-9,12-13,20,30H,5,10-11,14-15H2,1H3,(H,27,28,31)/t20?,24-/m0/s1. The Kier molecular flexibility index (Phi) is 7.11. The summed E-state index contributed by atoms with van der Waals surface area (Å²) in [6, 6.07) is 13.6. The predicted octanol–water partition coefficient (Wildman–Crippen LogP) is 4.78. The quantitative estimate of drug-likeness (QED) is 0.436. The number of carbonyl (C=O) groups excluding carboxylic acids is 1. The Bertz CT molecular complexity index is 1150. The van der Waals surface area contributed by atoms with Crippen molar-refractivity contribution < 1.29 is 23.4 Å². The fourth-order valence-corrected chi connectivity index (χ4v) is 5.39. The van der Waals surface area contributed by atoms with E-state index in [1.54, 1.807) is 30.1 Å². The summed E-state index contributed by atoms with van der Waals surface area (Å²) in [7, 11) is 1.83. The topological polar surface area (TPSA) is 74.7 Å². The maximum absolute atomic E-state index is 14.1. The van der Waals surface area contributed by atoms with Gasteiger partial charge in [0.05, 0.1) is 10.1 Å². The Morgan fingerprint density at radius 1 is 1.24 bits per heavy atom. The molecule has 3 aromatic rings. The number of aromatic nitrogens is 1. The van der Waals surface area contributed by atoms with E-state index in [1.807, 2.05) is 36.2 Å². The smallest absolute Gasteiger partial charge is 0.412 e. The fraction of sp³-hybridized carbons (Fsp3) is 0.333. The van der Waals surface area contributed by atoms with Crippen molar-refractivity contribution in [3.63, 3.8) is 0 Å². The van der Waals surface area contributed by atoms with E-state index >= 15 is 0 Å². The molecule has 6 nitrogen and oxygen atoms in total. The molecule has 2 aromatic carbocycles. The molecule has 0 saturated carbocycles. The molecule has 1 fully saturated rings. The summed E-state index contributed by atoms with van der Waals surface area (Å²) in [6.45, 7) is 0.364. The van der Waals surface area contributed by atoms with E-state index in [4.69, 9.17) is 4.74 Å². The summed E-state index contributed by atoms with van der Waals surface area (Å²) in [5.41, 5.74) is 0.258. The van der Waals surface area contributed by atoms with Crippen LogP contribution >= 0.6 is 11.8 Å². The second-order valence-electron chi connectivity index (χ2n) is 7.99. The molecule has 1 saturated heterocycles. The molecule has 2 N–H and O–H groups in total. The molecule has 1 aromatic heterocycles. The third-order valence-corrected chi connectivity index (χ3v) is 7.56. The lowest BCUT2D eigenvalue weighted by molar-refractivity contribution is 0.139. The Morgan fingerprint density at radius 3 is 2.82 bits per heavy atom. The van der Waals surface area contributed by atoms with Crippen LogP contribution in [-0.2, 0) is 11.3 Å². The van der Waals surface area contributed by atoms with Gasteiger partial charge >= 0.3 is 6.09 Å². The van der Waals surface area contributed by atoms with Gasteiger partial charge in [-0.3, -0.25) is 10.2 Å². The zero-order valence-corrected chi connectivity index (χ0v) is 18.9. The van der Waals surface area contributed by atoms with Crippen LogP contribution in [0.25, 0.3) is 10.8 Å². The van der Waals surface area contributed by atoms with E-state index in [0.29, 0.717) is 18.7 Å². The third kappa shape index (κ3) is 5.26. The Hall–Kier alpha value is -2.75. The summed E-state index contributed by atoms with van der Waals surface area (Å²) in [6.07, 6.45) is 2.25. The van der Waals surface area contributed by atoms with Gasteiger partial charge in [-0.25, -0.2) is 18.6 Å². The normalized spacial score (nSPS) is 19.6. The van der Waals surface area contributed by atoms with Gasteiger partial charge in [-0.05, 0) is 37.4 Å². The molecule has 9 heteroatoms. The van der Waals surface area contributed by atoms with Gasteiger partial charge in [0.2, 0.25) is 0 Å². The van der Waals surface area contributed by atoms with E-state index in [9.17, 15) is 18.7 Å². The van der Waals surface area contributed by atoms with Crippen molar-refractivity contribution in [3.05, 3.63) is 71.9 Å². The number of carbonyl (C=O) groups is 1. The Morgan fingerprint density at radius 2 is 2.03 bits per heavy atom. The number of thioether (sulfide) groups is 1. The summed E-state index contributed by atoms with van der Waals surface area (Å²) < 4.78 is 33.2. The number of ether oxygens (including phenoxy) is 1. The number of aliphatic hydroxyl groups excluding tert-OH is 1. The number of hydrogen-bond donors (Lipinski definition) is 2. The third-order valence-electron chi connectivity index (χ3n) is 5.80. The van der Waals surface area contributed by atoms with Crippen molar-refractivity contribution in [3.8, 4) is 0 Å². The molecular formula is C24H25F2N3O3S. The second-order valence-corrected chi connectivity index (χ2v) is 9.50. The highest BCUT2D eigenvalue weighted by molar-refractivity contribution is 8.08. The molecule has 33 heavy (non-hydrogen) atoms. The number of nitrogens with one attached hydrogen (secondary N) is 1. The average molecular weight is 474 g/mol. The van der Waals surface area contributed by atoms with Crippen LogP contribution in [0.2, 0.25) is 0 Å². The molecule has 4 rings (SSSR count). The predicted molar refractivity (Wildman–Crippen MR) is 125 cm³/mol. The van der Waals surface area contributed by atoms with Crippen LogP contribution in [0.3, 0.4) is 0 Å². The van der Waals surface area contributed by atoms with Crippen molar-refractivity contribution in [2.75, 3.05) is 25.6 Å². The van der Waals surface area contributed by atoms with Gasteiger partial charge in [-0.15, -0.1) is 11.8 Å². The highest BCUT2D eigenvalue weighted by Gasteiger charge is 2.58. The molecular weight excluding hydrogens is 448 g/mol. The molecule has 0 radical (unpaired) electrons. The van der Waals surface area contributed by atoms with Crippen molar-refractivity contribution >= 4 is 34.4 Å². The zero-order valence-electron chi connectivity index (χ0n) is 18.1. The lowest BCUT2D eigenvalue weighted by Gasteiger charge is -2.28. The van der Waals surface area contributed by atoms with Crippen molar-refractivity contribution in [2.45, 2.75) is 29.5 Å². The second kappa shape index (κ2) is 10.0. The van der Waals surface area contributed by atoms with Gasteiger partial charge < -0.3 is 9.84 Å². The van der Waals surface area contributed by atoms with Crippen LogP contribution in [0.5, 0.6) is 0 Å². The van der Waals surface area contributed by atoms with Crippen molar-refractivity contribution in [1.82, 2.24) is 9.88 Å². The minimum absolute atomic E-state index is 0.0200. The largest absolute Gasteiger partial charge is 0.448 e. The molecule has 0 spiro atoms. The van der Waals surface area contributed by atoms with E-state index in [0.717, 1.165) is 16.8 Å². The number of rotatable bonds is 9. The number of fused-ring (bicyclic) bond motifs is 1. The van der Waals surface area contributed by atoms with E-state index < -0.39 is 22.6 Å². The lowest BCUT2D eigenvalue weighted by atomic mass is 10.1.